The lowest BCUT2D eigenvalue weighted by Crippen LogP contribution is -2.14. The van der Waals surface area contributed by atoms with Crippen LogP contribution in [0, 0.1) is 5.82 Å². The molecule has 0 saturated carbocycles. The molecule has 0 fully saturated rings. The normalized spacial score (nSPS) is 11.8. The standard InChI is InChI=1S/C16H10BrClFN5O3S/c17-10-8-24(7-9-11(18)3-1-4-12(9)19)20-16(10)23-28(25,26)14-6-2-5-13-15(14)22-27-21-13/h1-6,8H,7H2,(H,20,23). The first kappa shape index (κ1) is 18.8. The van der Waals surface area contributed by atoms with Crippen molar-refractivity contribution < 1.29 is 17.4 Å². The van der Waals surface area contributed by atoms with E-state index in [0.717, 1.165) is 0 Å². The Bertz CT molecular complexity index is 1270. The van der Waals surface area contributed by atoms with Gasteiger partial charge in [-0.2, -0.15) is 5.10 Å². The van der Waals surface area contributed by atoms with Gasteiger partial charge in [-0.1, -0.05) is 23.7 Å². The van der Waals surface area contributed by atoms with Crippen molar-refractivity contribution in [3.63, 3.8) is 0 Å². The molecule has 0 aliphatic heterocycles. The second-order valence-corrected chi connectivity index (χ2v) is 8.63. The Balaban J connectivity index is 1.65. The minimum absolute atomic E-state index is 0.0224. The molecule has 0 bridgehead atoms. The van der Waals surface area contributed by atoms with Crippen molar-refractivity contribution in [1.82, 2.24) is 20.1 Å². The van der Waals surface area contributed by atoms with Gasteiger partial charge in [0.1, 0.15) is 16.2 Å². The Morgan fingerprint density at radius 1 is 1.21 bits per heavy atom. The molecule has 28 heavy (non-hydrogen) atoms. The summed E-state index contributed by atoms with van der Waals surface area (Å²) < 4.78 is 48.2. The third kappa shape index (κ3) is 3.48. The minimum Gasteiger partial charge on any atom is -0.265 e. The van der Waals surface area contributed by atoms with Gasteiger partial charge >= 0.3 is 0 Å². The average Bonchev–Trinajstić information content (AvgIpc) is 3.24. The van der Waals surface area contributed by atoms with Crippen LogP contribution in [0.2, 0.25) is 5.02 Å². The fraction of sp³-hybridized carbons (Fsp3) is 0.0625. The maximum Gasteiger partial charge on any atom is 0.265 e. The van der Waals surface area contributed by atoms with E-state index in [1.165, 1.54) is 35.1 Å². The summed E-state index contributed by atoms with van der Waals surface area (Å²) in [4.78, 5) is -0.107. The molecule has 0 amide bonds. The molecule has 0 spiro atoms. The molecule has 144 valence electrons. The molecule has 2 aromatic heterocycles. The summed E-state index contributed by atoms with van der Waals surface area (Å²) in [7, 11) is -4.03. The zero-order chi connectivity index (χ0) is 19.9. The van der Waals surface area contributed by atoms with Gasteiger partial charge in [-0.25, -0.2) is 17.4 Å². The molecule has 4 aromatic rings. The first-order chi connectivity index (χ1) is 13.3. The molecule has 1 N–H and O–H groups in total. The number of benzene rings is 2. The van der Waals surface area contributed by atoms with Gasteiger partial charge in [-0.15, -0.1) is 0 Å². The lowest BCUT2D eigenvalue weighted by molar-refractivity contribution is 0.315. The topological polar surface area (TPSA) is 103 Å². The zero-order valence-corrected chi connectivity index (χ0v) is 17.0. The van der Waals surface area contributed by atoms with Crippen molar-refractivity contribution in [2.45, 2.75) is 11.4 Å². The van der Waals surface area contributed by atoms with Crippen LogP contribution < -0.4 is 4.72 Å². The number of anilines is 1. The lowest BCUT2D eigenvalue weighted by atomic mass is 10.2. The molecule has 0 radical (unpaired) electrons. The minimum atomic E-state index is -4.03. The van der Waals surface area contributed by atoms with Gasteiger partial charge in [0.25, 0.3) is 10.0 Å². The van der Waals surface area contributed by atoms with Crippen LogP contribution in [0.15, 0.2) is 56.6 Å². The van der Waals surface area contributed by atoms with E-state index in [9.17, 15) is 12.8 Å². The van der Waals surface area contributed by atoms with Crippen molar-refractivity contribution in [2.75, 3.05) is 4.72 Å². The molecular weight excluding hydrogens is 477 g/mol. The maximum atomic E-state index is 14.0. The van der Waals surface area contributed by atoms with Crippen LogP contribution in [0.5, 0.6) is 0 Å². The van der Waals surface area contributed by atoms with Crippen LogP contribution in [0.3, 0.4) is 0 Å². The van der Waals surface area contributed by atoms with Crippen molar-refractivity contribution >= 4 is 54.4 Å². The molecule has 0 unspecified atom stereocenters. The number of nitrogens with zero attached hydrogens (tertiary/aromatic N) is 4. The second-order valence-electron chi connectivity index (χ2n) is 5.72. The third-order valence-electron chi connectivity index (χ3n) is 3.87. The van der Waals surface area contributed by atoms with Gasteiger partial charge in [0, 0.05) is 16.8 Å². The third-order valence-corrected chi connectivity index (χ3v) is 6.17. The molecule has 0 aliphatic carbocycles. The fourth-order valence-corrected chi connectivity index (χ4v) is 4.51. The number of hydrogen-bond donors (Lipinski definition) is 1. The highest BCUT2D eigenvalue weighted by atomic mass is 79.9. The number of hydrogen-bond acceptors (Lipinski definition) is 6. The smallest absolute Gasteiger partial charge is 0.265 e. The Labute approximate surface area is 171 Å². The summed E-state index contributed by atoms with van der Waals surface area (Å²) in [5, 5.41) is 11.7. The summed E-state index contributed by atoms with van der Waals surface area (Å²) in [6, 6.07) is 8.82. The predicted octanol–water partition coefficient (Wildman–Crippen LogP) is 3.82. The molecule has 12 heteroatoms. The van der Waals surface area contributed by atoms with Crippen LogP contribution >= 0.6 is 27.5 Å². The van der Waals surface area contributed by atoms with Crippen molar-refractivity contribution in [3.8, 4) is 0 Å². The number of fused-ring (bicyclic) bond motifs is 1. The molecule has 2 heterocycles. The molecule has 4 rings (SSSR count). The van der Waals surface area contributed by atoms with E-state index in [2.05, 4.69) is 40.7 Å². The Morgan fingerprint density at radius 2 is 2.00 bits per heavy atom. The second kappa shape index (κ2) is 7.15. The summed E-state index contributed by atoms with van der Waals surface area (Å²) in [6.45, 7) is 0.0224. The summed E-state index contributed by atoms with van der Waals surface area (Å²) >= 11 is 9.28. The summed E-state index contributed by atoms with van der Waals surface area (Å²) in [5.41, 5.74) is 0.650. The molecule has 2 aromatic carbocycles. The van der Waals surface area contributed by atoms with Gasteiger partial charge in [0.05, 0.1) is 11.0 Å². The molecule has 8 nitrogen and oxygen atoms in total. The predicted molar refractivity (Wildman–Crippen MR) is 103 cm³/mol. The maximum absolute atomic E-state index is 14.0. The van der Waals surface area contributed by atoms with Crippen molar-refractivity contribution in [3.05, 3.63) is 63.5 Å². The Morgan fingerprint density at radius 3 is 2.79 bits per heavy atom. The molecule has 0 atom stereocenters. The van der Waals surface area contributed by atoms with Crippen LogP contribution in [0.1, 0.15) is 5.56 Å². The first-order valence-electron chi connectivity index (χ1n) is 7.75. The van der Waals surface area contributed by atoms with Crippen molar-refractivity contribution in [2.24, 2.45) is 0 Å². The number of halogens is 3. The van der Waals surface area contributed by atoms with E-state index >= 15 is 0 Å². The summed E-state index contributed by atoms with van der Waals surface area (Å²) in [6.07, 6.45) is 1.51. The van der Waals surface area contributed by atoms with Gasteiger partial charge < -0.3 is 0 Å². The average molecular weight is 487 g/mol. The highest BCUT2D eigenvalue weighted by Crippen LogP contribution is 2.27. The monoisotopic (exact) mass is 485 g/mol. The van der Waals surface area contributed by atoms with Gasteiger partial charge in [0.15, 0.2) is 11.3 Å². The molecular formula is C16H10BrClFN5O3S. The van der Waals surface area contributed by atoms with E-state index in [1.807, 2.05) is 0 Å². The molecule has 0 aliphatic rings. The zero-order valence-electron chi connectivity index (χ0n) is 13.8. The van der Waals surface area contributed by atoms with E-state index in [1.54, 1.807) is 12.1 Å². The van der Waals surface area contributed by atoms with E-state index in [0.29, 0.717) is 9.99 Å². The van der Waals surface area contributed by atoms with Gasteiger partial charge in [0.2, 0.25) is 0 Å². The number of aromatic nitrogens is 4. The van der Waals surface area contributed by atoms with E-state index in [4.69, 9.17) is 11.6 Å². The highest BCUT2D eigenvalue weighted by Gasteiger charge is 2.23. The Hall–Kier alpha value is -2.50. The van der Waals surface area contributed by atoms with E-state index < -0.39 is 15.8 Å². The van der Waals surface area contributed by atoms with Crippen LogP contribution in [-0.2, 0) is 16.6 Å². The quantitative estimate of drug-likeness (QED) is 0.460. The van der Waals surface area contributed by atoms with Crippen LogP contribution in [-0.4, -0.2) is 28.5 Å². The van der Waals surface area contributed by atoms with Gasteiger partial charge in [-0.05, 0) is 50.5 Å². The fourth-order valence-electron chi connectivity index (χ4n) is 2.57. The Kier molecular flexibility index (Phi) is 4.81. The highest BCUT2D eigenvalue weighted by molar-refractivity contribution is 9.10. The number of nitrogens with one attached hydrogen (secondary N) is 1. The first-order valence-corrected chi connectivity index (χ1v) is 10.4. The van der Waals surface area contributed by atoms with Gasteiger partial charge in [-0.3, -0.25) is 9.40 Å². The lowest BCUT2D eigenvalue weighted by Gasteiger charge is -2.07. The van der Waals surface area contributed by atoms with Crippen molar-refractivity contribution in [1.29, 1.82) is 0 Å². The number of sulfonamides is 1. The number of rotatable bonds is 5. The van der Waals surface area contributed by atoms with E-state index in [-0.39, 0.29) is 33.4 Å². The SMILES string of the molecule is O=S(=O)(Nc1nn(Cc2c(F)cccc2Cl)cc1Br)c1cccc2nonc12. The largest absolute Gasteiger partial charge is 0.265 e. The van der Waals surface area contributed by atoms with Crippen LogP contribution in [0.25, 0.3) is 11.0 Å². The molecule has 0 saturated heterocycles. The summed E-state index contributed by atoms with van der Waals surface area (Å²) in [5.74, 6) is -0.451. The van der Waals surface area contributed by atoms with Crippen LogP contribution in [0.4, 0.5) is 10.2 Å².